The third kappa shape index (κ3) is 5.64. The summed E-state index contributed by atoms with van der Waals surface area (Å²) in [5.74, 6) is -0.222. The van der Waals surface area contributed by atoms with Crippen LogP contribution in [0.1, 0.15) is 52.6 Å². The molecule has 8 nitrogen and oxygen atoms in total. The SMILES string of the molecule is CN/N=C\c1ccc(C(=O)N(NC(=O)c2cccc(OC)c2C)C(C)(C)C)cc1BO. The summed E-state index contributed by atoms with van der Waals surface area (Å²) in [7, 11) is 2.96. The average molecular weight is 424 g/mol. The number of hydrogen-bond acceptors (Lipinski definition) is 6. The van der Waals surface area contributed by atoms with E-state index in [9.17, 15) is 14.6 Å². The van der Waals surface area contributed by atoms with Crippen LogP contribution in [0.2, 0.25) is 0 Å². The summed E-state index contributed by atoms with van der Waals surface area (Å²) in [5.41, 5.74) is 7.35. The minimum absolute atomic E-state index is 0.253. The molecule has 0 bridgehead atoms. The van der Waals surface area contributed by atoms with Gasteiger partial charge in [-0.15, -0.1) is 0 Å². The Morgan fingerprint density at radius 1 is 1.23 bits per heavy atom. The molecule has 31 heavy (non-hydrogen) atoms. The van der Waals surface area contributed by atoms with Crippen LogP contribution in [0.3, 0.4) is 0 Å². The smallest absolute Gasteiger partial charge is 0.305 e. The van der Waals surface area contributed by atoms with Crippen LogP contribution in [0.25, 0.3) is 0 Å². The van der Waals surface area contributed by atoms with E-state index < -0.39 is 17.4 Å². The van der Waals surface area contributed by atoms with Crippen molar-refractivity contribution < 1.29 is 19.3 Å². The second-order valence-corrected chi connectivity index (χ2v) is 7.94. The van der Waals surface area contributed by atoms with E-state index >= 15 is 0 Å². The van der Waals surface area contributed by atoms with Gasteiger partial charge < -0.3 is 15.2 Å². The predicted octanol–water partition coefficient (Wildman–Crippen LogP) is 1.11. The number of hydrazone groups is 1. The molecule has 0 heterocycles. The second kappa shape index (κ2) is 10.1. The van der Waals surface area contributed by atoms with E-state index in [4.69, 9.17) is 4.74 Å². The van der Waals surface area contributed by atoms with Crippen molar-refractivity contribution in [1.82, 2.24) is 15.9 Å². The van der Waals surface area contributed by atoms with Crippen LogP contribution in [0.15, 0.2) is 41.5 Å². The number of carbonyl (C=O) groups excluding carboxylic acids is 2. The lowest BCUT2D eigenvalue weighted by Gasteiger charge is -2.35. The van der Waals surface area contributed by atoms with Gasteiger partial charge in [0.25, 0.3) is 11.8 Å². The van der Waals surface area contributed by atoms with Gasteiger partial charge in [-0.2, -0.15) is 5.10 Å². The lowest BCUT2D eigenvalue weighted by molar-refractivity contribution is 0.0358. The molecule has 9 heteroatoms. The van der Waals surface area contributed by atoms with Crippen molar-refractivity contribution in [3.8, 4) is 5.75 Å². The van der Waals surface area contributed by atoms with Crippen molar-refractivity contribution in [1.29, 1.82) is 0 Å². The minimum atomic E-state index is -0.703. The Balaban J connectivity index is 2.38. The van der Waals surface area contributed by atoms with E-state index in [1.54, 1.807) is 63.7 Å². The van der Waals surface area contributed by atoms with Gasteiger partial charge in [-0.1, -0.05) is 18.2 Å². The molecule has 0 saturated heterocycles. The van der Waals surface area contributed by atoms with Gasteiger partial charge in [-0.05, 0) is 56.9 Å². The van der Waals surface area contributed by atoms with Crippen molar-refractivity contribution in [2.75, 3.05) is 14.2 Å². The molecule has 0 spiro atoms. The predicted molar refractivity (Wildman–Crippen MR) is 123 cm³/mol. The van der Waals surface area contributed by atoms with Gasteiger partial charge in [0.2, 0.25) is 0 Å². The maximum Gasteiger partial charge on any atom is 0.305 e. The highest BCUT2D eigenvalue weighted by Crippen LogP contribution is 2.22. The van der Waals surface area contributed by atoms with E-state index in [1.807, 2.05) is 20.8 Å². The number of methoxy groups -OCH3 is 1. The zero-order valence-corrected chi connectivity index (χ0v) is 18.8. The molecule has 0 aliphatic heterocycles. The number of carbonyl (C=O) groups is 2. The van der Waals surface area contributed by atoms with Crippen LogP contribution in [-0.4, -0.2) is 55.2 Å². The number of rotatable bonds is 6. The van der Waals surface area contributed by atoms with Gasteiger partial charge in [0.1, 0.15) is 5.75 Å². The molecule has 0 saturated carbocycles. The number of hydrazine groups is 1. The average Bonchev–Trinajstić information content (AvgIpc) is 2.74. The molecule has 0 radical (unpaired) electrons. The lowest BCUT2D eigenvalue weighted by Crippen LogP contribution is -2.56. The summed E-state index contributed by atoms with van der Waals surface area (Å²) in [5, 5.41) is 15.0. The topological polar surface area (TPSA) is 103 Å². The van der Waals surface area contributed by atoms with Crippen molar-refractivity contribution >= 4 is 31.0 Å². The number of amides is 2. The first-order valence-electron chi connectivity index (χ1n) is 9.86. The maximum absolute atomic E-state index is 13.3. The second-order valence-electron chi connectivity index (χ2n) is 7.94. The van der Waals surface area contributed by atoms with E-state index in [1.165, 1.54) is 5.01 Å². The molecule has 164 valence electrons. The fourth-order valence-electron chi connectivity index (χ4n) is 3.03. The van der Waals surface area contributed by atoms with Gasteiger partial charge in [0, 0.05) is 23.7 Å². The van der Waals surface area contributed by atoms with Gasteiger partial charge >= 0.3 is 7.48 Å². The van der Waals surface area contributed by atoms with Gasteiger partial charge in [-0.3, -0.25) is 15.0 Å². The van der Waals surface area contributed by atoms with Crippen molar-refractivity contribution in [2.45, 2.75) is 33.2 Å². The molecule has 3 N–H and O–H groups in total. The summed E-state index contributed by atoms with van der Waals surface area (Å²) in [6.07, 6.45) is 1.56. The first-order valence-corrected chi connectivity index (χ1v) is 9.86. The molecule has 2 rings (SSSR count). The molecule has 2 amide bonds. The van der Waals surface area contributed by atoms with Crippen LogP contribution >= 0.6 is 0 Å². The third-order valence-corrected chi connectivity index (χ3v) is 4.73. The van der Waals surface area contributed by atoms with Crippen LogP contribution in [0.4, 0.5) is 0 Å². The quantitative estimate of drug-likeness (QED) is 0.366. The number of benzene rings is 2. The van der Waals surface area contributed by atoms with Crippen molar-refractivity contribution in [3.63, 3.8) is 0 Å². The van der Waals surface area contributed by atoms with Gasteiger partial charge in [-0.25, -0.2) is 5.01 Å². The molecular formula is C22H29BN4O4. The van der Waals surface area contributed by atoms with E-state index in [0.717, 1.165) is 0 Å². The Labute approximate surface area is 183 Å². The third-order valence-electron chi connectivity index (χ3n) is 4.73. The van der Waals surface area contributed by atoms with E-state index in [0.29, 0.717) is 33.5 Å². The molecule has 0 unspecified atom stereocenters. The van der Waals surface area contributed by atoms with Crippen LogP contribution in [0.5, 0.6) is 5.75 Å². The summed E-state index contributed by atoms with van der Waals surface area (Å²) >= 11 is 0. The molecule has 0 aliphatic rings. The molecule has 0 atom stereocenters. The highest BCUT2D eigenvalue weighted by atomic mass is 16.5. The first-order chi connectivity index (χ1) is 14.6. The Bertz CT molecular complexity index is 986. The number of hydrogen-bond donors (Lipinski definition) is 3. The fourth-order valence-corrected chi connectivity index (χ4v) is 3.03. The number of ether oxygens (including phenoxy) is 1. The van der Waals surface area contributed by atoms with Crippen LogP contribution in [0, 0.1) is 6.92 Å². The molecule has 0 fully saturated rings. The van der Waals surface area contributed by atoms with Crippen molar-refractivity contribution in [3.05, 3.63) is 58.7 Å². The van der Waals surface area contributed by atoms with E-state index in [-0.39, 0.29) is 7.48 Å². The Morgan fingerprint density at radius 2 is 1.94 bits per heavy atom. The zero-order valence-electron chi connectivity index (χ0n) is 18.8. The highest BCUT2D eigenvalue weighted by molar-refractivity contribution is 6.47. The van der Waals surface area contributed by atoms with Crippen LogP contribution < -0.4 is 21.1 Å². The Kier molecular flexibility index (Phi) is 7.82. The van der Waals surface area contributed by atoms with Gasteiger partial charge in [0.15, 0.2) is 0 Å². The summed E-state index contributed by atoms with van der Waals surface area (Å²) in [6.45, 7) is 7.26. The Hall–Kier alpha value is -3.33. The summed E-state index contributed by atoms with van der Waals surface area (Å²) in [6, 6.07) is 10.1. The summed E-state index contributed by atoms with van der Waals surface area (Å²) in [4.78, 5) is 26.3. The Morgan fingerprint density at radius 3 is 2.52 bits per heavy atom. The molecule has 0 aliphatic carbocycles. The number of nitrogens with one attached hydrogen (secondary N) is 2. The standard InChI is InChI=1S/C22H29BN4O4/c1-14-17(8-7-9-19(14)31-6)20(28)26-27(22(2,3)4)21(29)15-10-11-16(13-25-24-5)18(12-15)23-30/h7-13,23-24,30H,1-6H3,(H,26,28)/b25-13-. The van der Waals surface area contributed by atoms with Crippen LogP contribution in [-0.2, 0) is 0 Å². The maximum atomic E-state index is 13.3. The number of nitrogens with zero attached hydrogens (tertiary/aromatic N) is 2. The van der Waals surface area contributed by atoms with Gasteiger partial charge in [0.05, 0.1) is 18.9 Å². The van der Waals surface area contributed by atoms with E-state index in [2.05, 4.69) is 16.0 Å². The molecule has 2 aromatic rings. The highest BCUT2D eigenvalue weighted by Gasteiger charge is 2.30. The monoisotopic (exact) mass is 424 g/mol. The molecule has 2 aromatic carbocycles. The molecule has 0 aromatic heterocycles. The zero-order chi connectivity index (χ0) is 23.2. The minimum Gasteiger partial charge on any atom is -0.496 e. The summed E-state index contributed by atoms with van der Waals surface area (Å²) < 4.78 is 5.29. The fraction of sp³-hybridized carbons (Fsp3) is 0.318. The molecular weight excluding hydrogens is 395 g/mol. The first kappa shape index (κ1) is 23.9. The largest absolute Gasteiger partial charge is 0.496 e. The lowest BCUT2D eigenvalue weighted by atomic mass is 9.83. The normalized spacial score (nSPS) is 11.2. The van der Waals surface area contributed by atoms with Crippen molar-refractivity contribution in [2.24, 2.45) is 5.10 Å².